The Labute approximate surface area is 213 Å². The molecule has 0 radical (unpaired) electrons. The molecule has 0 bridgehead atoms. The fraction of sp³-hybridized carbons (Fsp3) is 0.192. The fourth-order valence-electron chi connectivity index (χ4n) is 3.13. The predicted molar refractivity (Wildman–Crippen MR) is 140 cm³/mol. The van der Waals surface area contributed by atoms with Crippen molar-refractivity contribution in [2.75, 3.05) is 0 Å². The summed E-state index contributed by atoms with van der Waals surface area (Å²) in [5.74, 6) is 2.40. The van der Waals surface area contributed by atoms with E-state index in [9.17, 15) is 0 Å². The number of halogens is 2. The van der Waals surface area contributed by atoms with E-state index in [0.29, 0.717) is 11.6 Å². The van der Waals surface area contributed by atoms with E-state index < -0.39 is 0 Å². The summed E-state index contributed by atoms with van der Waals surface area (Å²) in [5, 5.41) is 15.6. The average molecular weight is 511 g/mol. The van der Waals surface area contributed by atoms with Gasteiger partial charge in [0, 0.05) is 22.2 Å². The third-order valence-electron chi connectivity index (χ3n) is 4.95. The van der Waals surface area contributed by atoms with Gasteiger partial charge >= 0.3 is 0 Å². The lowest BCUT2D eigenvalue weighted by Crippen LogP contribution is -2.00. The summed E-state index contributed by atoms with van der Waals surface area (Å²) >= 11 is 13.5. The molecule has 0 saturated carbocycles. The van der Waals surface area contributed by atoms with Gasteiger partial charge < -0.3 is 4.74 Å². The zero-order valence-corrected chi connectivity index (χ0v) is 21.0. The van der Waals surface area contributed by atoms with E-state index in [2.05, 4.69) is 22.2 Å². The highest BCUT2D eigenvalue weighted by Crippen LogP contribution is 2.23. The maximum Gasteiger partial charge on any atom is 0.212 e. The van der Waals surface area contributed by atoms with Crippen molar-refractivity contribution in [1.82, 2.24) is 14.9 Å². The van der Waals surface area contributed by atoms with Crippen LogP contribution in [0.15, 0.2) is 83.1 Å². The molecule has 0 N–H and O–H groups in total. The quantitative estimate of drug-likeness (QED) is 0.166. The molecule has 0 aliphatic heterocycles. The number of benzene rings is 3. The van der Waals surface area contributed by atoms with Gasteiger partial charge in [0.2, 0.25) is 5.16 Å². The molecular formula is C26H24Cl2N4OS. The smallest absolute Gasteiger partial charge is 0.212 e. The van der Waals surface area contributed by atoms with Crippen molar-refractivity contribution in [3.8, 4) is 5.75 Å². The molecule has 0 amide bonds. The van der Waals surface area contributed by atoms with Gasteiger partial charge in [0.05, 0.1) is 6.21 Å². The molecule has 5 nitrogen and oxygen atoms in total. The summed E-state index contributed by atoms with van der Waals surface area (Å²) in [4.78, 5) is 0. The molecule has 1 heterocycles. The summed E-state index contributed by atoms with van der Waals surface area (Å²) in [6.45, 7) is 2.60. The highest BCUT2D eigenvalue weighted by Gasteiger charge is 2.11. The molecule has 4 rings (SSSR count). The third kappa shape index (κ3) is 6.86. The van der Waals surface area contributed by atoms with Crippen molar-refractivity contribution in [2.45, 2.75) is 37.3 Å². The van der Waals surface area contributed by atoms with Crippen LogP contribution in [0.3, 0.4) is 0 Å². The van der Waals surface area contributed by atoms with Crippen LogP contribution in [0.5, 0.6) is 5.75 Å². The average Bonchev–Trinajstić information content (AvgIpc) is 3.24. The van der Waals surface area contributed by atoms with Crippen LogP contribution in [0.4, 0.5) is 0 Å². The molecule has 0 saturated heterocycles. The monoisotopic (exact) mass is 510 g/mol. The van der Waals surface area contributed by atoms with Crippen molar-refractivity contribution >= 4 is 41.2 Å². The van der Waals surface area contributed by atoms with Crippen LogP contribution in [0, 0.1) is 0 Å². The number of thioether (sulfide) groups is 1. The summed E-state index contributed by atoms with van der Waals surface area (Å²) < 4.78 is 7.69. The van der Waals surface area contributed by atoms with Gasteiger partial charge in [-0.05, 0) is 71.6 Å². The largest absolute Gasteiger partial charge is 0.489 e. The Balaban J connectivity index is 1.41. The summed E-state index contributed by atoms with van der Waals surface area (Å²) in [7, 11) is 0. The minimum Gasteiger partial charge on any atom is -0.489 e. The van der Waals surface area contributed by atoms with E-state index >= 15 is 0 Å². The molecule has 4 aromatic rings. The second-order valence-corrected chi connectivity index (χ2v) is 9.42. The van der Waals surface area contributed by atoms with E-state index in [1.807, 2.05) is 83.7 Å². The Morgan fingerprint density at radius 1 is 0.882 bits per heavy atom. The normalized spacial score (nSPS) is 11.3. The van der Waals surface area contributed by atoms with Crippen molar-refractivity contribution < 1.29 is 4.74 Å². The lowest BCUT2D eigenvalue weighted by atomic mass is 10.2. The minimum absolute atomic E-state index is 0.486. The predicted octanol–water partition coefficient (Wildman–Crippen LogP) is 7.29. The highest BCUT2D eigenvalue weighted by atomic mass is 35.5. The molecule has 0 fully saturated rings. The molecule has 3 aromatic carbocycles. The number of ether oxygens (including phenoxy) is 1. The van der Waals surface area contributed by atoms with Crippen molar-refractivity contribution in [1.29, 1.82) is 0 Å². The number of rotatable bonds is 10. The molecule has 8 heteroatoms. The second-order valence-electron chi connectivity index (χ2n) is 7.60. The number of hydrogen-bond donors (Lipinski definition) is 0. The summed E-state index contributed by atoms with van der Waals surface area (Å²) in [5.41, 5.74) is 3.19. The van der Waals surface area contributed by atoms with Crippen molar-refractivity contribution in [3.63, 3.8) is 0 Å². The molecule has 174 valence electrons. The zero-order chi connectivity index (χ0) is 23.8. The lowest BCUT2D eigenvalue weighted by molar-refractivity contribution is 0.306. The molecule has 0 aliphatic rings. The van der Waals surface area contributed by atoms with Crippen LogP contribution in [0.1, 0.15) is 35.9 Å². The Kier molecular flexibility index (Phi) is 8.63. The summed E-state index contributed by atoms with van der Waals surface area (Å²) in [6.07, 6.45) is 3.59. The number of hydrogen-bond acceptors (Lipinski definition) is 5. The van der Waals surface area contributed by atoms with Gasteiger partial charge in [0.1, 0.15) is 12.4 Å². The molecule has 34 heavy (non-hydrogen) atoms. The van der Waals surface area contributed by atoms with Gasteiger partial charge in [-0.1, -0.05) is 66.2 Å². The Morgan fingerprint density at radius 3 is 2.18 bits per heavy atom. The van der Waals surface area contributed by atoms with Gasteiger partial charge in [0.25, 0.3) is 0 Å². The van der Waals surface area contributed by atoms with Gasteiger partial charge in [-0.2, -0.15) is 9.78 Å². The lowest BCUT2D eigenvalue weighted by Gasteiger charge is -2.07. The molecule has 0 aliphatic carbocycles. The first-order chi connectivity index (χ1) is 16.6. The zero-order valence-electron chi connectivity index (χ0n) is 18.7. The van der Waals surface area contributed by atoms with Crippen LogP contribution in [0.2, 0.25) is 10.0 Å². The first-order valence-corrected chi connectivity index (χ1v) is 12.7. The van der Waals surface area contributed by atoms with E-state index in [1.54, 1.807) is 11.8 Å². The molecular weight excluding hydrogens is 487 g/mol. The maximum absolute atomic E-state index is 5.99. The maximum atomic E-state index is 5.99. The Hall–Kier alpha value is -2.80. The molecule has 1 aromatic heterocycles. The number of nitrogens with zero attached hydrogens (tertiary/aromatic N) is 4. The van der Waals surface area contributed by atoms with Crippen LogP contribution < -0.4 is 4.74 Å². The second kappa shape index (κ2) is 12.1. The van der Waals surface area contributed by atoms with Gasteiger partial charge in [-0.3, -0.25) is 0 Å². The van der Waals surface area contributed by atoms with Gasteiger partial charge in [-0.15, -0.1) is 10.2 Å². The fourth-order valence-corrected chi connectivity index (χ4v) is 4.25. The molecule has 0 atom stereocenters. The molecule has 0 unspecified atom stereocenters. The topological polar surface area (TPSA) is 52.3 Å². The van der Waals surface area contributed by atoms with Crippen LogP contribution in [0.25, 0.3) is 0 Å². The standard InChI is InChI=1S/C26H24Cl2N4OS/c1-2-3-25-30-31-26(34-18-21-6-12-23(28)13-7-21)32(25)29-16-19-8-14-24(15-9-19)33-17-20-4-10-22(27)11-5-20/h4-16H,2-3,17-18H2,1H3/b29-16-. The minimum atomic E-state index is 0.486. The summed E-state index contributed by atoms with van der Waals surface area (Å²) in [6, 6.07) is 23.3. The van der Waals surface area contributed by atoms with E-state index in [1.165, 1.54) is 5.56 Å². The highest BCUT2D eigenvalue weighted by molar-refractivity contribution is 7.98. The molecule has 0 spiro atoms. The Bertz CT molecular complexity index is 1220. The third-order valence-corrected chi connectivity index (χ3v) is 6.45. The first-order valence-electron chi connectivity index (χ1n) is 10.9. The Morgan fingerprint density at radius 2 is 1.53 bits per heavy atom. The number of aromatic nitrogens is 3. The van der Waals surface area contributed by atoms with Gasteiger partial charge in [-0.25, -0.2) is 0 Å². The van der Waals surface area contributed by atoms with E-state index in [0.717, 1.165) is 51.5 Å². The number of aryl methyl sites for hydroxylation is 1. The van der Waals surface area contributed by atoms with Crippen molar-refractivity contribution in [2.24, 2.45) is 5.10 Å². The van der Waals surface area contributed by atoms with Crippen molar-refractivity contribution in [3.05, 3.63) is 105 Å². The first kappa shape index (κ1) is 24.3. The van der Waals surface area contributed by atoms with Crippen LogP contribution >= 0.6 is 35.0 Å². The SMILES string of the molecule is CCCc1nnc(SCc2ccc(Cl)cc2)n1/N=C\c1ccc(OCc2ccc(Cl)cc2)cc1. The van der Waals surface area contributed by atoms with Gasteiger partial charge in [0.15, 0.2) is 5.82 Å². The van der Waals surface area contributed by atoms with E-state index in [4.69, 9.17) is 27.9 Å². The van der Waals surface area contributed by atoms with E-state index in [-0.39, 0.29) is 0 Å². The van der Waals surface area contributed by atoms with Crippen LogP contribution in [-0.4, -0.2) is 21.1 Å². The van der Waals surface area contributed by atoms with Crippen LogP contribution in [-0.2, 0) is 18.8 Å².